The number of fused-ring (bicyclic) bond motifs is 1. The maximum Gasteiger partial charge on any atom is 0.251 e. The summed E-state index contributed by atoms with van der Waals surface area (Å²) < 4.78 is 1.05. The van der Waals surface area contributed by atoms with E-state index in [-0.39, 0.29) is 11.9 Å². The predicted octanol–water partition coefficient (Wildman–Crippen LogP) is 4.19. The normalized spacial score (nSPS) is 15.4. The molecule has 1 N–H and O–H groups in total. The van der Waals surface area contributed by atoms with Crippen molar-refractivity contribution in [1.29, 1.82) is 0 Å². The zero-order valence-corrected chi connectivity index (χ0v) is 14.6. The van der Waals surface area contributed by atoms with Gasteiger partial charge in [-0.15, -0.1) is 11.3 Å². The highest BCUT2D eigenvalue weighted by Gasteiger charge is 2.34. The summed E-state index contributed by atoms with van der Waals surface area (Å²) in [5.41, 5.74) is 3.76. The minimum Gasteiger partial charge on any atom is -0.343 e. The molecule has 1 unspecified atom stereocenters. The van der Waals surface area contributed by atoms with Crippen LogP contribution >= 0.6 is 11.3 Å². The van der Waals surface area contributed by atoms with Crippen molar-refractivity contribution in [2.24, 2.45) is 5.92 Å². The highest BCUT2D eigenvalue weighted by atomic mass is 32.1. The maximum absolute atomic E-state index is 12.7. The van der Waals surface area contributed by atoms with E-state index in [0.29, 0.717) is 11.5 Å². The average Bonchev–Trinajstić information content (AvgIpc) is 3.32. The summed E-state index contributed by atoms with van der Waals surface area (Å²) in [6.07, 6.45) is 4.11. The second-order valence-electron chi connectivity index (χ2n) is 6.46. The number of carbonyl (C=O) groups is 1. The molecule has 2 heterocycles. The summed E-state index contributed by atoms with van der Waals surface area (Å²) in [5, 5.41) is 4.21. The third-order valence-electron chi connectivity index (χ3n) is 4.39. The molecule has 1 atom stereocenters. The Bertz CT molecular complexity index is 914. The van der Waals surface area contributed by atoms with E-state index in [1.165, 1.54) is 5.56 Å². The minimum atomic E-state index is -0.0387. The van der Waals surface area contributed by atoms with E-state index < -0.39 is 0 Å². The molecule has 2 aromatic heterocycles. The molecule has 0 radical (unpaired) electrons. The molecule has 1 fully saturated rings. The van der Waals surface area contributed by atoms with Gasteiger partial charge in [0.15, 0.2) is 0 Å². The van der Waals surface area contributed by atoms with Gasteiger partial charge in [-0.05, 0) is 68.5 Å². The Balaban J connectivity index is 1.60. The van der Waals surface area contributed by atoms with E-state index in [9.17, 15) is 4.79 Å². The molecule has 1 aliphatic rings. The lowest BCUT2D eigenvalue weighted by molar-refractivity contribution is 0.0931. The lowest BCUT2D eigenvalue weighted by Crippen LogP contribution is -2.30. The van der Waals surface area contributed by atoms with Crippen LogP contribution in [0.4, 0.5) is 0 Å². The summed E-state index contributed by atoms with van der Waals surface area (Å²) in [5.74, 6) is 0.459. The molecule has 4 rings (SSSR count). The zero-order valence-electron chi connectivity index (χ0n) is 13.7. The van der Waals surface area contributed by atoms with Gasteiger partial charge in [-0.3, -0.25) is 9.78 Å². The van der Waals surface area contributed by atoms with Crippen molar-refractivity contribution in [2.45, 2.75) is 32.7 Å². The van der Waals surface area contributed by atoms with Crippen molar-refractivity contribution in [3.63, 3.8) is 0 Å². The number of aromatic nitrogens is 2. The highest BCUT2D eigenvalue weighted by Crippen LogP contribution is 2.40. The number of nitrogens with one attached hydrogen (secondary N) is 1. The number of hydrogen-bond acceptors (Lipinski definition) is 4. The molecule has 0 saturated heterocycles. The van der Waals surface area contributed by atoms with Crippen molar-refractivity contribution in [1.82, 2.24) is 15.3 Å². The van der Waals surface area contributed by atoms with E-state index in [4.69, 9.17) is 0 Å². The Hall–Kier alpha value is -2.27. The second kappa shape index (κ2) is 5.98. The summed E-state index contributed by atoms with van der Waals surface area (Å²) in [6.45, 7) is 4.04. The first kappa shape index (κ1) is 15.3. The Labute approximate surface area is 145 Å². The first-order chi connectivity index (χ1) is 11.6. The summed E-state index contributed by atoms with van der Waals surface area (Å²) in [7, 11) is 0. The number of hydrogen-bond donors (Lipinski definition) is 1. The van der Waals surface area contributed by atoms with Gasteiger partial charge in [0.25, 0.3) is 5.91 Å². The lowest BCUT2D eigenvalue weighted by atomic mass is 10.1. The molecule has 5 heteroatoms. The largest absolute Gasteiger partial charge is 0.343 e. The molecule has 122 valence electrons. The number of aryl methyl sites for hydroxylation is 2. The molecular formula is C19H19N3OS. The molecule has 0 bridgehead atoms. The van der Waals surface area contributed by atoms with Crippen molar-refractivity contribution < 1.29 is 4.79 Å². The quantitative estimate of drug-likeness (QED) is 0.776. The molecule has 0 aliphatic heterocycles. The SMILES string of the molecule is Cc1ccnc(C(NC(=O)c2ccc3nc(C)sc3c2)C2CC2)c1. The van der Waals surface area contributed by atoms with Crippen molar-refractivity contribution in [3.8, 4) is 0 Å². The first-order valence-electron chi connectivity index (χ1n) is 8.21. The standard InChI is InChI=1S/C19H19N3OS/c1-11-7-8-20-16(9-11)18(13-3-4-13)22-19(23)14-5-6-15-17(10-14)24-12(2)21-15/h5-10,13,18H,3-4H2,1-2H3,(H,22,23). The van der Waals surface area contributed by atoms with Crippen LogP contribution in [0.1, 0.15) is 45.5 Å². The van der Waals surface area contributed by atoms with Gasteiger partial charge in [-0.1, -0.05) is 0 Å². The summed E-state index contributed by atoms with van der Waals surface area (Å²) in [4.78, 5) is 21.7. The minimum absolute atomic E-state index is 0.00343. The first-order valence-corrected chi connectivity index (χ1v) is 9.02. The Morgan fingerprint density at radius 2 is 2.08 bits per heavy atom. The van der Waals surface area contributed by atoms with Crippen LogP contribution in [0.15, 0.2) is 36.5 Å². The third-order valence-corrected chi connectivity index (χ3v) is 5.33. The Morgan fingerprint density at radius 1 is 1.25 bits per heavy atom. The van der Waals surface area contributed by atoms with Gasteiger partial charge in [0.2, 0.25) is 0 Å². The fourth-order valence-electron chi connectivity index (χ4n) is 3.00. The van der Waals surface area contributed by atoms with E-state index >= 15 is 0 Å². The van der Waals surface area contributed by atoms with Crippen LogP contribution in [0.2, 0.25) is 0 Å². The van der Waals surface area contributed by atoms with Gasteiger partial charge < -0.3 is 5.32 Å². The molecule has 1 aromatic carbocycles. The number of nitrogens with zero attached hydrogens (tertiary/aromatic N) is 2. The molecule has 24 heavy (non-hydrogen) atoms. The van der Waals surface area contributed by atoms with Gasteiger partial charge in [-0.25, -0.2) is 4.98 Å². The Morgan fingerprint density at radius 3 is 2.83 bits per heavy atom. The van der Waals surface area contributed by atoms with Crippen LogP contribution in [-0.2, 0) is 0 Å². The number of pyridine rings is 1. The van der Waals surface area contributed by atoms with Gasteiger partial charge >= 0.3 is 0 Å². The number of amides is 1. The predicted molar refractivity (Wildman–Crippen MR) is 96.3 cm³/mol. The van der Waals surface area contributed by atoms with Crippen LogP contribution in [-0.4, -0.2) is 15.9 Å². The lowest BCUT2D eigenvalue weighted by Gasteiger charge is -2.18. The highest BCUT2D eigenvalue weighted by molar-refractivity contribution is 7.18. The molecule has 4 nitrogen and oxygen atoms in total. The molecular weight excluding hydrogens is 318 g/mol. The number of thiazole rings is 1. The van der Waals surface area contributed by atoms with Gasteiger partial charge in [0, 0.05) is 11.8 Å². The zero-order chi connectivity index (χ0) is 16.7. The van der Waals surface area contributed by atoms with Gasteiger partial charge in [0.1, 0.15) is 0 Å². The number of carbonyl (C=O) groups excluding carboxylic acids is 1. The molecule has 1 saturated carbocycles. The third kappa shape index (κ3) is 3.04. The van der Waals surface area contributed by atoms with Crippen LogP contribution in [0.25, 0.3) is 10.2 Å². The fraction of sp³-hybridized carbons (Fsp3) is 0.316. The van der Waals surface area contributed by atoms with Crippen LogP contribution in [0.5, 0.6) is 0 Å². The maximum atomic E-state index is 12.7. The average molecular weight is 337 g/mol. The molecule has 1 amide bonds. The summed E-state index contributed by atoms with van der Waals surface area (Å²) in [6, 6.07) is 9.75. The van der Waals surface area contributed by atoms with Crippen molar-refractivity contribution in [2.75, 3.05) is 0 Å². The number of benzene rings is 1. The van der Waals surface area contributed by atoms with Gasteiger partial charge in [0.05, 0.1) is 27.0 Å². The molecule has 1 aliphatic carbocycles. The van der Waals surface area contributed by atoms with Gasteiger partial charge in [-0.2, -0.15) is 0 Å². The van der Waals surface area contributed by atoms with E-state index in [0.717, 1.165) is 33.8 Å². The molecule has 0 spiro atoms. The van der Waals surface area contributed by atoms with Crippen molar-refractivity contribution >= 4 is 27.5 Å². The van der Waals surface area contributed by atoms with E-state index in [1.54, 1.807) is 11.3 Å². The summed E-state index contributed by atoms with van der Waals surface area (Å²) >= 11 is 1.62. The number of rotatable bonds is 4. The molecule has 3 aromatic rings. The van der Waals surface area contributed by atoms with E-state index in [1.807, 2.05) is 37.4 Å². The van der Waals surface area contributed by atoms with Crippen LogP contribution in [0.3, 0.4) is 0 Å². The Kier molecular flexibility index (Phi) is 3.81. The second-order valence-corrected chi connectivity index (χ2v) is 7.70. The fourth-order valence-corrected chi connectivity index (χ4v) is 3.86. The van der Waals surface area contributed by atoms with Crippen molar-refractivity contribution in [3.05, 3.63) is 58.4 Å². The smallest absolute Gasteiger partial charge is 0.251 e. The monoisotopic (exact) mass is 337 g/mol. The topological polar surface area (TPSA) is 54.9 Å². The van der Waals surface area contributed by atoms with E-state index in [2.05, 4.69) is 28.3 Å². The van der Waals surface area contributed by atoms with Crippen LogP contribution < -0.4 is 5.32 Å². The van der Waals surface area contributed by atoms with Crippen LogP contribution in [0, 0.1) is 19.8 Å².